The number of ether oxygens (including phenoxy) is 2. The van der Waals surface area contributed by atoms with E-state index in [4.69, 9.17) is 9.47 Å². The number of nitrogens with one attached hydrogen (secondary N) is 1. The smallest absolute Gasteiger partial charge is 0.175 e. The predicted molar refractivity (Wildman–Crippen MR) is 85.5 cm³/mol. The summed E-state index contributed by atoms with van der Waals surface area (Å²) in [5.74, 6) is 2.37. The summed E-state index contributed by atoms with van der Waals surface area (Å²) < 4.78 is 12.5. The monoisotopic (exact) mass is 341 g/mol. The predicted octanol–water partition coefficient (Wildman–Crippen LogP) is 4.13. The second-order valence-corrected chi connectivity index (χ2v) is 6.36. The molecule has 3 nitrogen and oxygen atoms in total. The minimum atomic E-state index is 0.509. The number of hydrogen-bond acceptors (Lipinski definition) is 3. The van der Waals surface area contributed by atoms with Crippen molar-refractivity contribution < 1.29 is 9.47 Å². The molecular weight excluding hydrogens is 318 g/mol. The van der Waals surface area contributed by atoms with Crippen LogP contribution >= 0.6 is 15.9 Å². The van der Waals surface area contributed by atoms with Crippen molar-refractivity contribution in [2.45, 2.75) is 46.2 Å². The van der Waals surface area contributed by atoms with Crippen LogP contribution in [0.25, 0.3) is 0 Å². The van der Waals surface area contributed by atoms with Crippen LogP contribution in [0.4, 0.5) is 0 Å². The van der Waals surface area contributed by atoms with Crippen LogP contribution in [0, 0.1) is 5.92 Å². The first-order valence-electron chi connectivity index (χ1n) is 7.43. The molecule has 0 bridgehead atoms. The molecule has 0 saturated carbocycles. The molecule has 1 aromatic carbocycles. The molecule has 0 radical (unpaired) electrons. The molecule has 1 aliphatic rings. The highest BCUT2D eigenvalue weighted by Crippen LogP contribution is 2.38. The van der Waals surface area contributed by atoms with E-state index in [1.54, 1.807) is 0 Å². The number of hydrogen-bond donors (Lipinski definition) is 1. The van der Waals surface area contributed by atoms with Gasteiger partial charge in [-0.1, -0.05) is 20.3 Å². The SMILES string of the molecule is CCC(C)C(C)NCc1cc(Br)c2c(c1)OCCCO2. The maximum atomic E-state index is 5.76. The minimum absolute atomic E-state index is 0.509. The maximum absolute atomic E-state index is 5.76. The van der Waals surface area contributed by atoms with E-state index in [1.807, 2.05) is 0 Å². The molecule has 20 heavy (non-hydrogen) atoms. The normalized spacial score (nSPS) is 17.4. The van der Waals surface area contributed by atoms with Gasteiger partial charge in [0.05, 0.1) is 17.7 Å². The van der Waals surface area contributed by atoms with Gasteiger partial charge in [0.25, 0.3) is 0 Å². The van der Waals surface area contributed by atoms with E-state index in [9.17, 15) is 0 Å². The lowest BCUT2D eigenvalue weighted by molar-refractivity contribution is 0.296. The first-order chi connectivity index (χ1) is 9.61. The van der Waals surface area contributed by atoms with Crippen LogP contribution < -0.4 is 14.8 Å². The van der Waals surface area contributed by atoms with E-state index in [-0.39, 0.29) is 0 Å². The fourth-order valence-corrected chi connectivity index (χ4v) is 2.82. The van der Waals surface area contributed by atoms with Crippen LogP contribution in [0.15, 0.2) is 16.6 Å². The van der Waals surface area contributed by atoms with Gasteiger partial charge in [0.15, 0.2) is 11.5 Å². The van der Waals surface area contributed by atoms with Crippen LogP contribution in [0.1, 0.15) is 39.2 Å². The lowest BCUT2D eigenvalue weighted by Crippen LogP contribution is -2.31. The standard InChI is InChI=1S/C16H24BrNO2/c1-4-11(2)12(3)18-10-13-8-14(17)16-15(9-13)19-6-5-7-20-16/h8-9,11-12,18H,4-7,10H2,1-3H3. The van der Waals surface area contributed by atoms with Gasteiger partial charge in [0.2, 0.25) is 0 Å². The van der Waals surface area contributed by atoms with Crippen LogP contribution in [0.5, 0.6) is 11.5 Å². The summed E-state index contributed by atoms with van der Waals surface area (Å²) >= 11 is 3.58. The van der Waals surface area contributed by atoms with E-state index >= 15 is 0 Å². The maximum Gasteiger partial charge on any atom is 0.175 e. The third kappa shape index (κ3) is 3.89. The van der Waals surface area contributed by atoms with Crippen molar-refractivity contribution in [3.63, 3.8) is 0 Å². The second-order valence-electron chi connectivity index (χ2n) is 5.51. The second kappa shape index (κ2) is 7.32. The Hall–Kier alpha value is -0.740. The van der Waals surface area contributed by atoms with E-state index in [0.717, 1.165) is 35.5 Å². The van der Waals surface area contributed by atoms with Crippen molar-refractivity contribution in [1.82, 2.24) is 5.32 Å². The Morgan fingerprint density at radius 1 is 1.25 bits per heavy atom. The molecule has 0 aliphatic carbocycles. The fourth-order valence-electron chi connectivity index (χ4n) is 2.22. The summed E-state index contributed by atoms with van der Waals surface area (Å²) in [6.45, 7) is 9.04. The van der Waals surface area contributed by atoms with Crippen molar-refractivity contribution in [3.8, 4) is 11.5 Å². The van der Waals surface area contributed by atoms with Crippen molar-refractivity contribution >= 4 is 15.9 Å². The van der Waals surface area contributed by atoms with Crippen LogP contribution in [-0.2, 0) is 6.54 Å². The fraction of sp³-hybridized carbons (Fsp3) is 0.625. The highest BCUT2D eigenvalue weighted by molar-refractivity contribution is 9.10. The van der Waals surface area contributed by atoms with E-state index in [1.165, 1.54) is 12.0 Å². The van der Waals surface area contributed by atoms with Gasteiger partial charge in [-0.25, -0.2) is 0 Å². The van der Waals surface area contributed by atoms with E-state index < -0.39 is 0 Å². The zero-order chi connectivity index (χ0) is 14.5. The summed E-state index contributed by atoms with van der Waals surface area (Å²) in [6.07, 6.45) is 2.12. The Bertz CT molecular complexity index is 450. The third-order valence-electron chi connectivity index (χ3n) is 3.99. The number of rotatable bonds is 5. The van der Waals surface area contributed by atoms with Gasteiger partial charge in [-0.3, -0.25) is 0 Å². The quantitative estimate of drug-likeness (QED) is 0.873. The molecule has 0 aromatic heterocycles. The molecule has 4 heteroatoms. The van der Waals surface area contributed by atoms with Crippen molar-refractivity contribution in [2.24, 2.45) is 5.92 Å². The number of benzene rings is 1. The van der Waals surface area contributed by atoms with Crippen LogP contribution in [0.3, 0.4) is 0 Å². The minimum Gasteiger partial charge on any atom is -0.490 e. The average molecular weight is 342 g/mol. The molecule has 1 aliphatic heterocycles. The lowest BCUT2D eigenvalue weighted by Gasteiger charge is -2.20. The Balaban J connectivity index is 2.06. The molecule has 2 atom stereocenters. The molecule has 2 unspecified atom stereocenters. The van der Waals surface area contributed by atoms with Gasteiger partial charge >= 0.3 is 0 Å². The molecule has 0 saturated heterocycles. The molecule has 0 amide bonds. The first-order valence-corrected chi connectivity index (χ1v) is 8.22. The van der Waals surface area contributed by atoms with Gasteiger partial charge in [-0.15, -0.1) is 0 Å². The van der Waals surface area contributed by atoms with Crippen LogP contribution in [0.2, 0.25) is 0 Å². The summed E-state index contributed by atoms with van der Waals surface area (Å²) in [4.78, 5) is 0. The summed E-state index contributed by atoms with van der Waals surface area (Å²) in [7, 11) is 0. The molecule has 1 heterocycles. The summed E-state index contributed by atoms with van der Waals surface area (Å²) in [5, 5.41) is 3.58. The van der Waals surface area contributed by atoms with Gasteiger partial charge in [0, 0.05) is 19.0 Å². The molecule has 112 valence electrons. The summed E-state index contributed by atoms with van der Waals surface area (Å²) in [6, 6.07) is 4.71. The van der Waals surface area contributed by atoms with E-state index in [0.29, 0.717) is 18.6 Å². The number of halogens is 1. The zero-order valence-corrected chi connectivity index (χ0v) is 14.1. The first kappa shape index (κ1) is 15.6. The topological polar surface area (TPSA) is 30.5 Å². The van der Waals surface area contributed by atoms with Crippen molar-refractivity contribution in [2.75, 3.05) is 13.2 Å². The third-order valence-corrected chi connectivity index (χ3v) is 4.58. The van der Waals surface area contributed by atoms with Gasteiger partial charge in [-0.2, -0.15) is 0 Å². The lowest BCUT2D eigenvalue weighted by atomic mass is 10.0. The molecule has 1 aromatic rings. The highest BCUT2D eigenvalue weighted by Gasteiger charge is 2.16. The number of fused-ring (bicyclic) bond motifs is 1. The van der Waals surface area contributed by atoms with Crippen molar-refractivity contribution in [1.29, 1.82) is 0 Å². The molecule has 0 spiro atoms. The summed E-state index contributed by atoms with van der Waals surface area (Å²) in [5.41, 5.74) is 1.22. The Labute approximate surface area is 130 Å². The van der Waals surface area contributed by atoms with Gasteiger partial charge in [0.1, 0.15) is 0 Å². The molecule has 2 rings (SSSR count). The van der Waals surface area contributed by atoms with Gasteiger partial charge < -0.3 is 14.8 Å². The molecular formula is C16H24BrNO2. The Kier molecular flexibility index (Phi) is 5.73. The van der Waals surface area contributed by atoms with Gasteiger partial charge in [-0.05, 0) is 46.5 Å². The average Bonchev–Trinajstić information content (AvgIpc) is 2.69. The van der Waals surface area contributed by atoms with Crippen molar-refractivity contribution in [3.05, 3.63) is 22.2 Å². The van der Waals surface area contributed by atoms with E-state index in [2.05, 4.69) is 54.2 Å². The molecule has 1 N–H and O–H groups in total. The van der Waals surface area contributed by atoms with Crippen LogP contribution in [-0.4, -0.2) is 19.3 Å². The zero-order valence-electron chi connectivity index (χ0n) is 12.5. The Morgan fingerprint density at radius 2 is 2.00 bits per heavy atom. The largest absolute Gasteiger partial charge is 0.490 e. The Morgan fingerprint density at radius 3 is 2.75 bits per heavy atom. The molecule has 0 fully saturated rings. The highest BCUT2D eigenvalue weighted by atomic mass is 79.9.